The van der Waals surface area contributed by atoms with E-state index >= 15 is 0 Å². The van der Waals surface area contributed by atoms with E-state index in [0.717, 1.165) is 0 Å². The fraction of sp³-hybridized carbons (Fsp3) is 0.929. The molecule has 23 heavy (non-hydrogen) atoms. The number of nitrogens with one attached hydrogen (secondary N) is 2. The number of ether oxygens (including phenoxy) is 1. The zero-order chi connectivity index (χ0) is 17.2. The van der Waals surface area contributed by atoms with Gasteiger partial charge in [0.1, 0.15) is 0 Å². The van der Waals surface area contributed by atoms with Gasteiger partial charge in [-0.05, 0) is 20.8 Å². The molecule has 0 bridgehead atoms. The maximum Gasteiger partial charge on any atom is 0.215 e. The molecular formula is C14H33IN4O3S. The summed E-state index contributed by atoms with van der Waals surface area (Å²) >= 11 is 0. The van der Waals surface area contributed by atoms with E-state index in [4.69, 9.17) is 4.74 Å². The molecule has 140 valence electrons. The van der Waals surface area contributed by atoms with Gasteiger partial charge < -0.3 is 15.4 Å². The number of methoxy groups -OCH3 is 1. The highest BCUT2D eigenvalue weighted by atomic mass is 127. The molecule has 0 fully saturated rings. The Balaban J connectivity index is 0. The largest absolute Gasteiger partial charge is 0.377 e. The van der Waals surface area contributed by atoms with Crippen molar-refractivity contribution in [2.75, 3.05) is 45.6 Å². The van der Waals surface area contributed by atoms with Crippen LogP contribution in [0.5, 0.6) is 0 Å². The second kappa shape index (κ2) is 12.3. The van der Waals surface area contributed by atoms with E-state index in [9.17, 15) is 8.42 Å². The van der Waals surface area contributed by atoms with Crippen molar-refractivity contribution in [3.05, 3.63) is 0 Å². The Kier molecular flexibility index (Phi) is 13.4. The summed E-state index contributed by atoms with van der Waals surface area (Å²) in [5, 5.41) is 6.15. The van der Waals surface area contributed by atoms with Crippen LogP contribution in [0.15, 0.2) is 4.99 Å². The molecule has 9 heteroatoms. The molecule has 0 aliphatic heterocycles. The minimum atomic E-state index is -3.22. The topological polar surface area (TPSA) is 83.0 Å². The van der Waals surface area contributed by atoms with Gasteiger partial charge in [0.25, 0.3) is 0 Å². The first-order chi connectivity index (χ1) is 10.2. The zero-order valence-corrected chi connectivity index (χ0v) is 18.3. The summed E-state index contributed by atoms with van der Waals surface area (Å²) in [5.41, 5.74) is -0.352. The van der Waals surface area contributed by atoms with E-state index in [0.29, 0.717) is 38.7 Å². The van der Waals surface area contributed by atoms with E-state index in [1.165, 1.54) is 4.31 Å². The molecule has 7 nitrogen and oxygen atoms in total. The van der Waals surface area contributed by atoms with E-state index in [1.807, 2.05) is 34.6 Å². The number of halogens is 1. The molecule has 0 radical (unpaired) electrons. The summed E-state index contributed by atoms with van der Waals surface area (Å²) in [7, 11) is -1.57. The monoisotopic (exact) mass is 464 g/mol. The number of nitrogens with zero attached hydrogens (tertiary/aromatic N) is 2. The predicted octanol–water partition coefficient (Wildman–Crippen LogP) is 1.26. The minimum Gasteiger partial charge on any atom is -0.377 e. The third kappa shape index (κ3) is 10.4. The summed E-state index contributed by atoms with van der Waals surface area (Å²) in [6.45, 7) is 12.0. The summed E-state index contributed by atoms with van der Waals surface area (Å²) in [4.78, 5) is 4.42. The number of guanidine groups is 1. The maximum atomic E-state index is 12.1. The van der Waals surface area contributed by atoms with Gasteiger partial charge in [0.05, 0.1) is 17.9 Å². The number of aliphatic imine (C=N–C) groups is 1. The molecule has 0 amide bonds. The fourth-order valence-electron chi connectivity index (χ4n) is 1.72. The highest BCUT2D eigenvalue weighted by Crippen LogP contribution is 2.07. The summed E-state index contributed by atoms with van der Waals surface area (Å²) in [5.74, 6) is 0.648. The van der Waals surface area contributed by atoms with Crippen LogP contribution in [-0.4, -0.2) is 69.9 Å². The second-order valence-electron chi connectivity index (χ2n) is 5.49. The van der Waals surface area contributed by atoms with Crippen molar-refractivity contribution in [3.8, 4) is 0 Å². The van der Waals surface area contributed by atoms with Crippen LogP contribution >= 0.6 is 24.0 Å². The van der Waals surface area contributed by atoms with Crippen LogP contribution in [0.2, 0.25) is 0 Å². The quantitative estimate of drug-likeness (QED) is 0.289. The van der Waals surface area contributed by atoms with Crippen LogP contribution in [0.3, 0.4) is 0 Å². The van der Waals surface area contributed by atoms with Gasteiger partial charge in [-0.2, -0.15) is 0 Å². The molecule has 0 saturated heterocycles. The van der Waals surface area contributed by atoms with Gasteiger partial charge in [0.15, 0.2) is 5.96 Å². The van der Waals surface area contributed by atoms with E-state index < -0.39 is 10.0 Å². The maximum absolute atomic E-state index is 12.1. The minimum absolute atomic E-state index is 0. The SMILES string of the molecule is CCNC(=NCC(C)(C)OC)NCCS(=O)(=O)N(CC)CC.I. The number of hydrogen-bond donors (Lipinski definition) is 2. The van der Waals surface area contributed by atoms with Gasteiger partial charge in [-0.3, -0.25) is 4.99 Å². The van der Waals surface area contributed by atoms with Crippen LogP contribution in [-0.2, 0) is 14.8 Å². The average molecular weight is 464 g/mol. The van der Waals surface area contributed by atoms with Crippen molar-refractivity contribution in [3.63, 3.8) is 0 Å². The van der Waals surface area contributed by atoms with Crippen LogP contribution in [0.4, 0.5) is 0 Å². The lowest BCUT2D eigenvalue weighted by atomic mass is 10.1. The fourth-order valence-corrected chi connectivity index (χ4v) is 3.13. The Labute approximate surface area is 158 Å². The standard InChI is InChI=1S/C14H32N4O3S.HI/c1-7-15-13(17-12-14(4,5)21-6)16-10-11-22(19,20)18(8-2)9-3;/h7-12H2,1-6H3,(H2,15,16,17);1H. The Bertz CT molecular complexity index is 437. The molecular weight excluding hydrogens is 431 g/mol. The molecule has 2 N–H and O–H groups in total. The van der Waals surface area contributed by atoms with Crippen LogP contribution in [0.1, 0.15) is 34.6 Å². The van der Waals surface area contributed by atoms with Gasteiger partial charge in [-0.25, -0.2) is 12.7 Å². The molecule has 0 rings (SSSR count). The smallest absolute Gasteiger partial charge is 0.215 e. The number of hydrogen-bond acceptors (Lipinski definition) is 4. The lowest BCUT2D eigenvalue weighted by molar-refractivity contribution is 0.0310. The molecule has 0 heterocycles. The van der Waals surface area contributed by atoms with Crippen molar-refractivity contribution >= 4 is 40.0 Å². The summed E-state index contributed by atoms with van der Waals surface area (Å²) in [6, 6.07) is 0. The van der Waals surface area contributed by atoms with Crippen molar-refractivity contribution in [2.24, 2.45) is 4.99 Å². The first kappa shape index (κ1) is 25.1. The zero-order valence-electron chi connectivity index (χ0n) is 15.2. The normalized spacial score (nSPS) is 12.9. The van der Waals surface area contributed by atoms with Crippen molar-refractivity contribution < 1.29 is 13.2 Å². The molecule has 0 spiro atoms. The van der Waals surface area contributed by atoms with Crippen LogP contribution in [0.25, 0.3) is 0 Å². The highest BCUT2D eigenvalue weighted by molar-refractivity contribution is 14.0. The highest BCUT2D eigenvalue weighted by Gasteiger charge is 2.19. The summed E-state index contributed by atoms with van der Waals surface area (Å²) in [6.07, 6.45) is 0. The third-order valence-corrected chi connectivity index (χ3v) is 5.29. The first-order valence-electron chi connectivity index (χ1n) is 7.77. The Hall–Kier alpha value is -0.130. The average Bonchev–Trinajstić information content (AvgIpc) is 2.45. The lowest BCUT2D eigenvalue weighted by Gasteiger charge is -2.22. The molecule has 0 aromatic rings. The molecule has 0 saturated carbocycles. The third-order valence-electron chi connectivity index (χ3n) is 3.27. The van der Waals surface area contributed by atoms with Gasteiger partial charge in [-0.15, -0.1) is 24.0 Å². The Morgan fingerprint density at radius 2 is 1.74 bits per heavy atom. The Morgan fingerprint density at radius 3 is 2.17 bits per heavy atom. The van der Waals surface area contributed by atoms with Gasteiger partial charge in [0.2, 0.25) is 10.0 Å². The van der Waals surface area contributed by atoms with Crippen molar-refractivity contribution in [2.45, 2.75) is 40.2 Å². The molecule has 0 aromatic carbocycles. The van der Waals surface area contributed by atoms with Gasteiger partial charge in [0, 0.05) is 33.3 Å². The molecule has 0 aromatic heterocycles. The lowest BCUT2D eigenvalue weighted by Crippen LogP contribution is -2.43. The van der Waals surface area contributed by atoms with E-state index in [2.05, 4.69) is 15.6 Å². The number of sulfonamides is 1. The second-order valence-corrected chi connectivity index (χ2v) is 7.57. The van der Waals surface area contributed by atoms with Gasteiger partial charge >= 0.3 is 0 Å². The molecule has 0 aliphatic carbocycles. The predicted molar refractivity (Wildman–Crippen MR) is 107 cm³/mol. The number of rotatable bonds is 10. The van der Waals surface area contributed by atoms with Crippen molar-refractivity contribution in [1.82, 2.24) is 14.9 Å². The summed E-state index contributed by atoms with van der Waals surface area (Å²) < 4.78 is 31.0. The molecule has 0 unspecified atom stereocenters. The van der Waals surface area contributed by atoms with E-state index in [1.54, 1.807) is 7.11 Å². The Morgan fingerprint density at radius 1 is 1.17 bits per heavy atom. The van der Waals surface area contributed by atoms with Crippen LogP contribution < -0.4 is 10.6 Å². The molecule has 0 aliphatic rings. The first-order valence-corrected chi connectivity index (χ1v) is 9.38. The van der Waals surface area contributed by atoms with E-state index in [-0.39, 0.29) is 35.3 Å². The van der Waals surface area contributed by atoms with Crippen molar-refractivity contribution in [1.29, 1.82) is 0 Å². The van der Waals surface area contributed by atoms with Gasteiger partial charge in [-0.1, -0.05) is 13.8 Å². The van der Waals surface area contributed by atoms with Crippen LogP contribution in [0, 0.1) is 0 Å². The molecule has 0 atom stereocenters.